The van der Waals surface area contributed by atoms with Gasteiger partial charge < -0.3 is 11.1 Å². The number of imide groups is 4. The van der Waals surface area contributed by atoms with Crippen LogP contribution in [-0.2, 0) is 0 Å². The Morgan fingerprint density at radius 3 is 0.946 bits per heavy atom. The molecule has 0 saturated carbocycles. The number of carbonyl (C=O) groups is 8. The van der Waals surface area contributed by atoms with Crippen molar-refractivity contribution in [3.8, 4) is 0 Å². The first-order valence-corrected chi connectivity index (χ1v) is 72.1. The second kappa shape index (κ2) is 46.7. The Morgan fingerprint density at radius 1 is 0.331 bits per heavy atom. The molecular weight excluding hydrogens is 2200 g/mol. The monoisotopic (exact) mass is 2320 g/mol. The summed E-state index contributed by atoms with van der Waals surface area (Å²) in [5.74, 6) is -3.55. The van der Waals surface area contributed by atoms with Crippen LogP contribution in [0, 0.1) is 10.8 Å². The number of fused-ring (bicyclic) bond motifs is 5. The second-order valence-corrected chi connectivity index (χ2v) is 70.2. The molecule has 14 aromatic carbocycles. The molecule has 716 valence electrons. The van der Waals surface area contributed by atoms with Gasteiger partial charge in [0.1, 0.15) is 0 Å². The van der Waals surface area contributed by atoms with Crippen molar-refractivity contribution in [2.45, 2.75) is 194 Å². The average molecular weight is 2310 g/mol. The van der Waals surface area contributed by atoms with Crippen LogP contribution in [0.3, 0.4) is 0 Å². The number of rotatable bonds is 36. The fourth-order valence-electron chi connectivity index (χ4n) is 23.4. The fraction of sp³-hybridized carbons (Fsp3) is 0.296. The predicted molar refractivity (Wildman–Crippen MR) is 644 cm³/mol. The molecule has 20 nitrogen and oxygen atoms in total. The van der Waals surface area contributed by atoms with Gasteiger partial charge in [0.2, 0.25) is 0 Å². The molecule has 148 heavy (non-hydrogen) atoms. The number of halogens is 1. The van der Waals surface area contributed by atoms with Gasteiger partial charge in [-0.3, -0.25) is 24.3 Å². The molecule has 0 unspecified atom stereocenters. The van der Waals surface area contributed by atoms with Crippen molar-refractivity contribution in [2.24, 2.45) is 0 Å². The molecule has 0 bridgehead atoms. The van der Waals surface area contributed by atoms with E-state index < -0.39 is 138 Å². The summed E-state index contributed by atoms with van der Waals surface area (Å²) in [6, 6.07) is 45.1. The number of nitrogen functional groups attached to an aromatic ring is 2. The van der Waals surface area contributed by atoms with Gasteiger partial charge in [-0.1, -0.05) is 46.3 Å². The van der Waals surface area contributed by atoms with Crippen LogP contribution in [0.15, 0.2) is 169 Å². The Morgan fingerprint density at radius 2 is 0.622 bits per heavy atom. The molecule has 16 aromatic rings. The van der Waals surface area contributed by atoms with E-state index >= 15 is 9.59 Å². The van der Waals surface area contributed by atoms with Gasteiger partial charge >= 0.3 is 517 Å². The number of nitrogens with zero attached hydrogens (tertiary/aromatic N) is 6. The number of nitrogens with two attached hydrogens (primary N) is 2. The fourth-order valence-corrected chi connectivity index (χ4v) is 59.6. The number of carbonyl (C=O) groups excluding carboxylic acids is 8. The van der Waals surface area contributed by atoms with Crippen LogP contribution in [-0.4, -0.2) is 252 Å². The number of aromatic amines is 2. The standard InChI is InChI=1S/C38H19BrN6O4.C38H18N6O4.8C4H9.B16.3Sn/c39-25-13-22-32-21(37(48)44(38(22)49)28-5-1-3-26(41)23(28)14-40)11-8-17-16-7-10-19-31-20(12-9-18(30(16)31)33(25)34(17)32)36(47)45(35(19)46)29-6-2-4-27-24(29)15-42-43-27;39-15-25-27(40)3-1-5-29(25)43-35(45)21-11-7-17-19-9-13-23-34-24(38(48)44(37(23)47)30-6-2-4-28-26(30)16-41-42-28)14-10-20(32(19)34)18-8-12-22(36(43)46)33(21)31(17)18;8*1-3-4-2;1-10(2)14(9)16(13(7)8)15(11(3)4)12(5)6;;;/h1-15,40H,41H2,(H,42,43);1-7,9,11-16,39H,40H2,(H,41,42);8*1,3-4H2,2H3;;;;. The van der Waals surface area contributed by atoms with E-state index in [1.165, 1.54) is 98.9 Å². The van der Waals surface area contributed by atoms with Gasteiger partial charge in [-0.15, -0.1) is 0 Å². The van der Waals surface area contributed by atoms with Gasteiger partial charge in [-0.05, 0) is 70.1 Å². The zero-order chi connectivity index (χ0) is 105. The van der Waals surface area contributed by atoms with Gasteiger partial charge in [0.05, 0.1) is 28.7 Å². The number of H-pyrrole nitrogens is 2. The maximum absolute atomic E-state index is 15.1. The minimum atomic E-state index is -3.86. The Balaban J connectivity index is 0.000000147. The summed E-state index contributed by atoms with van der Waals surface area (Å²) in [5.41, 5.74) is 19.8. The summed E-state index contributed by atoms with van der Waals surface area (Å²) in [6.45, 7) is 18.4. The van der Waals surface area contributed by atoms with E-state index in [9.17, 15) is 28.8 Å². The number of hydrogen-bond acceptors (Lipinski definition) is 14. The number of nitrogens with one attached hydrogen (secondary N) is 4. The molecule has 0 spiro atoms. The number of hydrogen-bond donors (Lipinski definition) is 6. The number of aromatic nitrogens is 4. The molecule has 20 radical (unpaired) electrons. The number of benzene rings is 14. The molecule has 40 heteroatoms. The number of unbranched alkanes of at least 4 members (excludes halogenated alkanes) is 8. The molecule has 2 aromatic heterocycles. The summed E-state index contributed by atoms with van der Waals surface area (Å²) >= 11 is -1.79. The van der Waals surface area contributed by atoms with E-state index in [4.69, 9.17) is 91.9 Å². The van der Waals surface area contributed by atoms with Crippen LogP contribution in [0.1, 0.15) is 252 Å². The first-order chi connectivity index (χ1) is 71.4. The normalized spacial score (nSPS) is 13.7. The van der Waals surface area contributed by atoms with Crippen LogP contribution in [0.5, 0.6) is 0 Å². The topological polar surface area (TPSA) is 307 Å². The van der Waals surface area contributed by atoms with Crippen LogP contribution in [0.25, 0.3) is 108 Å². The maximum atomic E-state index is 15.1. The Hall–Kier alpha value is -9.96. The SMILES string of the molecule is CCC[CH2][Sn]([CH2]CCC)[CH2]CCC.CCC[CH2][Sn]([CH2]CCC)[CH2]CCC.CCC[CH2][Sn]1([CH2]CCC)[c]2cc3c4c(ccc5c6ccc7c8c(c[c]1c(c2c45)c86)C(=O)N(c1cccc2[nH]ncc12)C7=O)C(=O)N(c1cccc(N)c1C=N)C3=O.N=Cc1c(N)cccc1N1C(=O)c2ccc3c4ccc5c6c(ccc(c7c(Br)cc(c2c37)C1=O)c64)C(=O)N(c1cccc2[nH]ncc12)C5=O.[B]B([B])B([B])B(B([B])[B])B(B([B])[B])B([B])[B]. The molecule has 21 rings (SSSR count). The van der Waals surface area contributed by atoms with E-state index in [0.29, 0.717) is 109 Å². The van der Waals surface area contributed by atoms with E-state index in [-0.39, 0.29) is 34.4 Å². The minimum absolute atomic E-state index is 0.234. The third-order valence-electron chi connectivity index (χ3n) is 30.9. The molecule has 0 atom stereocenters. The quantitative estimate of drug-likeness (QED) is 0.00533. The van der Waals surface area contributed by atoms with Gasteiger partial charge in [-0.2, -0.15) is 5.10 Å². The van der Waals surface area contributed by atoms with E-state index in [0.717, 1.165) is 122 Å². The summed E-state index contributed by atoms with van der Waals surface area (Å²) in [6.07, 6.45) is 22.1. The van der Waals surface area contributed by atoms with Gasteiger partial charge in [0.25, 0.3) is 23.6 Å². The van der Waals surface area contributed by atoms with Crippen LogP contribution < -0.4 is 38.2 Å². The van der Waals surface area contributed by atoms with Crippen LogP contribution in [0.2, 0.25) is 35.5 Å². The Labute approximate surface area is 906 Å². The van der Waals surface area contributed by atoms with Crippen molar-refractivity contribution in [3.05, 3.63) is 224 Å². The molecule has 8 N–H and O–H groups in total. The van der Waals surface area contributed by atoms with Crippen molar-refractivity contribution >= 4 is 397 Å². The van der Waals surface area contributed by atoms with Crippen molar-refractivity contribution in [1.82, 2.24) is 20.4 Å². The van der Waals surface area contributed by atoms with E-state index in [2.05, 4.69) is 104 Å². The first kappa shape index (κ1) is 109. The zero-order valence-corrected chi connectivity index (χ0v) is 95.6. The van der Waals surface area contributed by atoms with Crippen molar-refractivity contribution in [3.63, 3.8) is 0 Å². The maximum Gasteiger partial charge on any atom is 0.266 e. The van der Waals surface area contributed by atoms with Gasteiger partial charge in [0.15, 0.2) is 0 Å². The van der Waals surface area contributed by atoms with Crippen molar-refractivity contribution in [1.29, 1.82) is 10.8 Å². The number of amides is 8. The molecule has 0 fully saturated rings. The predicted octanol–water partition coefficient (Wildman–Crippen LogP) is 19.5. The molecular formula is C108H109B16BrN12O8Sn3. The summed E-state index contributed by atoms with van der Waals surface area (Å²) in [4.78, 5) is 121. The smallest absolute Gasteiger partial charge is 0.266 e. The zero-order valence-electron chi connectivity index (χ0n) is 85.4. The Kier molecular flexibility index (Phi) is 34.5. The third-order valence-corrected chi connectivity index (χ3v) is 64.7. The summed E-state index contributed by atoms with van der Waals surface area (Å²) < 4.78 is 15.2. The minimum Gasteiger partial charge on any atom is -0.398 e. The largest absolute Gasteiger partial charge is 0.398 e. The summed E-state index contributed by atoms with van der Waals surface area (Å²) in [7, 11) is 50.4. The van der Waals surface area contributed by atoms with E-state index in [1.807, 2.05) is 54.6 Å². The molecule has 8 amide bonds. The second-order valence-electron chi connectivity index (χ2n) is 40.1. The van der Waals surface area contributed by atoms with Crippen molar-refractivity contribution in [2.75, 3.05) is 31.1 Å². The van der Waals surface area contributed by atoms with Gasteiger partial charge in [-0.25, -0.2) is 9.80 Å². The molecule has 5 aliphatic rings. The molecule has 7 heterocycles. The average Bonchev–Trinajstić information content (AvgIpc) is 1.47. The number of anilines is 6. The van der Waals surface area contributed by atoms with Crippen LogP contribution >= 0.6 is 15.9 Å². The Bertz CT molecular complexity index is 7860. The first-order valence-electron chi connectivity index (χ1n) is 52.3. The molecule has 0 saturated heterocycles. The third kappa shape index (κ3) is 19.5. The van der Waals surface area contributed by atoms with Crippen LogP contribution in [0.4, 0.5) is 34.1 Å². The van der Waals surface area contributed by atoms with E-state index in [1.54, 1.807) is 124 Å². The van der Waals surface area contributed by atoms with Crippen molar-refractivity contribution < 1.29 is 38.4 Å². The molecule has 5 aliphatic heterocycles. The van der Waals surface area contributed by atoms with Gasteiger partial charge in [0, 0.05) is 180 Å². The molecule has 0 aliphatic carbocycles. The summed E-state index contributed by atoms with van der Waals surface area (Å²) in [5, 5.41) is 44.4.